The van der Waals surface area contributed by atoms with Crippen molar-refractivity contribution in [1.82, 2.24) is 4.90 Å². The number of aliphatic hydroxyl groups is 1. The third-order valence-corrected chi connectivity index (χ3v) is 1.76. The quantitative estimate of drug-likeness (QED) is 0.532. The normalized spacial score (nSPS) is 14.1. The second-order valence-corrected chi connectivity index (χ2v) is 3.06. The summed E-state index contributed by atoms with van der Waals surface area (Å²) in [7, 11) is 0. The molecule has 0 fully saturated rings. The van der Waals surface area contributed by atoms with E-state index in [1.165, 1.54) is 6.92 Å². The van der Waals surface area contributed by atoms with Crippen molar-refractivity contribution in [3.8, 4) is 0 Å². The van der Waals surface area contributed by atoms with Gasteiger partial charge in [0.25, 0.3) is 0 Å². The van der Waals surface area contributed by atoms with Crippen LogP contribution >= 0.6 is 0 Å². The number of carboxylic acid groups (broad SMARTS) is 2. The number of carboxylic acids is 2. The van der Waals surface area contributed by atoms with Crippen LogP contribution < -0.4 is 0 Å². The molecule has 15 heavy (non-hydrogen) atoms. The number of aliphatic hydroxyl groups excluding tert-OH is 1. The summed E-state index contributed by atoms with van der Waals surface area (Å²) in [6.45, 7) is 1.47. The number of nitrogens with zero attached hydrogens (tertiary/aromatic N) is 1. The van der Waals surface area contributed by atoms with Crippen LogP contribution in [-0.4, -0.2) is 56.8 Å². The molecule has 0 saturated carbocycles. The Bertz CT molecular complexity index is 274. The summed E-state index contributed by atoms with van der Waals surface area (Å²) in [6.07, 6.45) is -1.34. The van der Waals surface area contributed by atoms with Crippen LogP contribution in [0.2, 0.25) is 0 Å². The second kappa shape index (κ2) is 5.30. The molecule has 2 unspecified atom stereocenters. The third kappa shape index (κ3) is 3.94. The fourth-order valence-corrected chi connectivity index (χ4v) is 1.15. The second-order valence-electron chi connectivity index (χ2n) is 3.06. The zero-order valence-corrected chi connectivity index (χ0v) is 8.38. The van der Waals surface area contributed by atoms with Gasteiger partial charge < -0.3 is 20.2 Å². The minimum Gasteiger partial charge on any atom is -0.480 e. The minimum absolute atomic E-state index is 0.593. The highest BCUT2D eigenvalue weighted by Crippen LogP contribution is 2.06. The highest BCUT2D eigenvalue weighted by atomic mass is 16.4. The molecule has 7 heteroatoms. The van der Waals surface area contributed by atoms with Crippen molar-refractivity contribution < 1.29 is 29.7 Å². The molecule has 0 bridgehead atoms. The van der Waals surface area contributed by atoms with Crippen LogP contribution in [0, 0.1) is 0 Å². The van der Waals surface area contributed by atoms with Crippen molar-refractivity contribution in [3.63, 3.8) is 0 Å². The highest BCUT2D eigenvalue weighted by molar-refractivity contribution is 5.86. The van der Waals surface area contributed by atoms with Crippen molar-refractivity contribution in [1.29, 1.82) is 0 Å². The van der Waals surface area contributed by atoms with Crippen LogP contribution in [0.15, 0.2) is 0 Å². The van der Waals surface area contributed by atoms with Gasteiger partial charge >= 0.3 is 11.9 Å². The first-order valence-corrected chi connectivity index (χ1v) is 4.17. The van der Waals surface area contributed by atoms with E-state index in [1.54, 1.807) is 0 Å². The van der Waals surface area contributed by atoms with Crippen LogP contribution in [0.3, 0.4) is 0 Å². The number of aliphatic carboxylic acids is 2. The van der Waals surface area contributed by atoms with E-state index < -0.39 is 36.5 Å². The topological polar surface area (TPSA) is 115 Å². The number of rotatable bonds is 5. The van der Waals surface area contributed by atoms with E-state index in [9.17, 15) is 14.4 Å². The van der Waals surface area contributed by atoms with Crippen LogP contribution in [0.1, 0.15) is 13.8 Å². The molecule has 1 amide bonds. The Morgan fingerprint density at radius 3 is 1.93 bits per heavy atom. The smallest absolute Gasteiger partial charge is 0.329 e. The molecule has 3 N–H and O–H groups in total. The molecule has 0 heterocycles. The number of hydrogen-bond donors (Lipinski definition) is 3. The first-order valence-electron chi connectivity index (χ1n) is 4.17. The summed E-state index contributed by atoms with van der Waals surface area (Å²) in [5, 5.41) is 26.4. The maximum atomic E-state index is 11.0. The SMILES string of the molecule is CC(=O)N(CC(=O)O)C(C(=O)O)C(C)O. The van der Waals surface area contributed by atoms with E-state index in [0.717, 1.165) is 6.92 Å². The summed E-state index contributed by atoms with van der Waals surface area (Å²) >= 11 is 0. The van der Waals surface area contributed by atoms with Gasteiger partial charge in [0.15, 0.2) is 6.04 Å². The Morgan fingerprint density at radius 1 is 1.27 bits per heavy atom. The average molecular weight is 219 g/mol. The van der Waals surface area contributed by atoms with Crippen molar-refractivity contribution >= 4 is 17.8 Å². The van der Waals surface area contributed by atoms with E-state index in [4.69, 9.17) is 15.3 Å². The van der Waals surface area contributed by atoms with Gasteiger partial charge in [0.1, 0.15) is 6.54 Å². The van der Waals surface area contributed by atoms with Gasteiger partial charge in [0, 0.05) is 6.92 Å². The van der Waals surface area contributed by atoms with Gasteiger partial charge in [-0.2, -0.15) is 0 Å². The van der Waals surface area contributed by atoms with Crippen molar-refractivity contribution in [2.75, 3.05) is 6.54 Å². The predicted molar refractivity (Wildman–Crippen MR) is 48.1 cm³/mol. The molecule has 0 rings (SSSR count). The molecule has 0 aromatic heterocycles. The summed E-state index contributed by atoms with van der Waals surface area (Å²) in [5.74, 6) is -3.50. The molecule has 0 aromatic carbocycles. The number of hydrogen-bond acceptors (Lipinski definition) is 4. The van der Waals surface area contributed by atoms with E-state index in [2.05, 4.69) is 0 Å². The lowest BCUT2D eigenvalue weighted by atomic mass is 10.1. The van der Waals surface area contributed by atoms with Crippen molar-refractivity contribution in [2.24, 2.45) is 0 Å². The molecule has 0 spiro atoms. The van der Waals surface area contributed by atoms with Gasteiger partial charge in [-0.3, -0.25) is 9.59 Å². The van der Waals surface area contributed by atoms with Gasteiger partial charge in [-0.05, 0) is 6.92 Å². The van der Waals surface area contributed by atoms with Gasteiger partial charge in [-0.25, -0.2) is 4.79 Å². The van der Waals surface area contributed by atoms with Gasteiger partial charge in [0.2, 0.25) is 5.91 Å². The minimum atomic E-state index is -1.54. The Kier molecular flexibility index (Phi) is 4.72. The zero-order chi connectivity index (χ0) is 12.2. The average Bonchev–Trinajstić information content (AvgIpc) is 2.00. The Morgan fingerprint density at radius 2 is 1.73 bits per heavy atom. The molecule has 0 aliphatic rings. The van der Waals surface area contributed by atoms with E-state index in [1.807, 2.05) is 0 Å². The Balaban J connectivity index is 4.92. The lowest BCUT2D eigenvalue weighted by Crippen LogP contribution is -2.51. The fourth-order valence-electron chi connectivity index (χ4n) is 1.15. The molecule has 0 saturated heterocycles. The zero-order valence-electron chi connectivity index (χ0n) is 8.38. The number of carbonyl (C=O) groups excluding carboxylic acids is 1. The predicted octanol–water partition coefficient (Wildman–Crippen LogP) is -1.25. The molecule has 0 aromatic rings. The van der Waals surface area contributed by atoms with Crippen LogP contribution in [0.5, 0.6) is 0 Å². The Labute approximate surface area is 85.9 Å². The monoisotopic (exact) mass is 219 g/mol. The van der Waals surface area contributed by atoms with Gasteiger partial charge in [0.05, 0.1) is 6.10 Å². The molecular formula is C8H13NO6. The third-order valence-electron chi connectivity index (χ3n) is 1.76. The summed E-state index contributed by atoms with van der Waals surface area (Å²) < 4.78 is 0. The van der Waals surface area contributed by atoms with E-state index in [0.29, 0.717) is 4.90 Å². The standard InChI is InChI=1S/C8H13NO6/c1-4(10)7(8(14)15)9(5(2)11)3-6(12)13/h4,7,10H,3H2,1-2H3,(H,12,13)(H,14,15). The molecule has 86 valence electrons. The molecule has 0 aliphatic carbocycles. The maximum absolute atomic E-state index is 11.0. The van der Waals surface area contributed by atoms with Crippen molar-refractivity contribution in [2.45, 2.75) is 26.0 Å². The van der Waals surface area contributed by atoms with E-state index in [-0.39, 0.29) is 0 Å². The molecule has 0 aliphatic heterocycles. The molecule has 0 radical (unpaired) electrons. The Hall–Kier alpha value is -1.63. The molecule has 7 nitrogen and oxygen atoms in total. The van der Waals surface area contributed by atoms with Gasteiger partial charge in [-0.15, -0.1) is 0 Å². The van der Waals surface area contributed by atoms with E-state index >= 15 is 0 Å². The lowest BCUT2D eigenvalue weighted by molar-refractivity contribution is -0.157. The molecule has 2 atom stereocenters. The summed E-state index contributed by atoms with van der Waals surface area (Å²) in [6, 6.07) is -1.54. The van der Waals surface area contributed by atoms with Crippen molar-refractivity contribution in [3.05, 3.63) is 0 Å². The highest BCUT2D eigenvalue weighted by Gasteiger charge is 2.33. The van der Waals surface area contributed by atoms with Crippen LogP contribution in [-0.2, 0) is 14.4 Å². The maximum Gasteiger partial charge on any atom is 0.329 e. The largest absolute Gasteiger partial charge is 0.480 e. The molecular weight excluding hydrogens is 206 g/mol. The summed E-state index contributed by atoms with van der Waals surface area (Å²) in [5.41, 5.74) is 0. The van der Waals surface area contributed by atoms with Gasteiger partial charge in [-0.1, -0.05) is 0 Å². The summed E-state index contributed by atoms with van der Waals surface area (Å²) in [4.78, 5) is 32.7. The number of carbonyl (C=O) groups is 3. The van der Waals surface area contributed by atoms with Crippen LogP contribution in [0.25, 0.3) is 0 Å². The lowest BCUT2D eigenvalue weighted by Gasteiger charge is -2.28. The first-order chi connectivity index (χ1) is 6.77. The number of amides is 1. The fraction of sp³-hybridized carbons (Fsp3) is 0.625. The first kappa shape index (κ1) is 13.4. The van der Waals surface area contributed by atoms with Crippen LogP contribution in [0.4, 0.5) is 0 Å².